The lowest BCUT2D eigenvalue weighted by atomic mass is 9.83. The van der Waals surface area contributed by atoms with Crippen LogP contribution in [0.25, 0.3) is 0 Å². The van der Waals surface area contributed by atoms with Gasteiger partial charge >= 0.3 is 0 Å². The Labute approximate surface area is 192 Å². The molecule has 2 fully saturated rings. The molecule has 172 valence electrons. The van der Waals surface area contributed by atoms with Crippen molar-refractivity contribution in [3.63, 3.8) is 0 Å². The monoisotopic (exact) mass is 436 g/mol. The van der Waals surface area contributed by atoms with E-state index in [4.69, 9.17) is 9.47 Å². The van der Waals surface area contributed by atoms with Crippen LogP contribution in [0.5, 0.6) is 0 Å². The van der Waals surface area contributed by atoms with Crippen LogP contribution in [0.4, 0.5) is 0 Å². The van der Waals surface area contributed by atoms with Gasteiger partial charge in [-0.1, -0.05) is 12.2 Å². The molecule has 0 spiro atoms. The van der Waals surface area contributed by atoms with Gasteiger partial charge in [-0.3, -0.25) is 0 Å². The van der Waals surface area contributed by atoms with Crippen LogP contribution in [0.1, 0.15) is 37.3 Å². The molecule has 4 heterocycles. The summed E-state index contributed by atoms with van der Waals surface area (Å²) in [6.45, 7) is 11.1. The first-order chi connectivity index (χ1) is 15.8. The quantitative estimate of drug-likeness (QED) is 0.568. The zero-order chi connectivity index (χ0) is 22.4. The van der Waals surface area contributed by atoms with Gasteiger partial charge in [0.1, 0.15) is 11.6 Å². The summed E-state index contributed by atoms with van der Waals surface area (Å²) in [6, 6.07) is 3.71. The van der Waals surface area contributed by atoms with E-state index in [1.807, 2.05) is 49.1 Å². The Hall–Kier alpha value is -2.44. The molecule has 0 bridgehead atoms. The van der Waals surface area contributed by atoms with E-state index in [9.17, 15) is 0 Å². The summed E-state index contributed by atoms with van der Waals surface area (Å²) in [5, 5.41) is 0. The van der Waals surface area contributed by atoms with Gasteiger partial charge in [-0.2, -0.15) is 0 Å². The van der Waals surface area contributed by atoms with Crippen molar-refractivity contribution in [2.24, 2.45) is 23.7 Å². The van der Waals surface area contributed by atoms with Crippen LogP contribution in [-0.2, 0) is 22.3 Å². The molecule has 2 saturated heterocycles. The van der Waals surface area contributed by atoms with Crippen molar-refractivity contribution in [2.75, 3.05) is 26.4 Å². The highest BCUT2D eigenvalue weighted by Gasteiger charge is 2.26. The number of nitrogens with zero attached hydrogens (tertiary/aromatic N) is 4. The summed E-state index contributed by atoms with van der Waals surface area (Å²) >= 11 is 0. The molecule has 2 aliphatic heterocycles. The molecule has 2 aliphatic rings. The highest BCUT2D eigenvalue weighted by molar-refractivity contribution is 4.94. The summed E-state index contributed by atoms with van der Waals surface area (Å²) in [7, 11) is 0. The molecular weight excluding hydrogens is 400 g/mol. The molecule has 0 saturated carbocycles. The molecule has 0 aromatic carbocycles. The van der Waals surface area contributed by atoms with Gasteiger partial charge in [-0.15, -0.1) is 13.2 Å². The van der Waals surface area contributed by atoms with E-state index in [1.165, 1.54) is 0 Å². The summed E-state index contributed by atoms with van der Waals surface area (Å²) in [6.07, 6.45) is 17.4. The molecule has 0 radical (unpaired) electrons. The first-order valence-electron chi connectivity index (χ1n) is 11.7. The first-order valence-corrected chi connectivity index (χ1v) is 11.7. The Balaban J connectivity index is 0.000000181. The normalized spacial score (nSPS) is 25.2. The maximum absolute atomic E-state index is 5.51. The van der Waals surface area contributed by atoms with Crippen LogP contribution in [0.2, 0.25) is 0 Å². The van der Waals surface area contributed by atoms with E-state index in [0.717, 1.165) is 76.6 Å². The number of aromatic nitrogens is 4. The van der Waals surface area contributed by atoms with Gasteiger partial charge in [-0.05, 0) is 61.5 Å². The fraction of sp³-hybridized carbons (Fsp3) is 0.538. The molecule has 6 nitrogen and oxygen atoms in total. The molecule has 32 heavy (non-hydrogen) atoms. The van der Waals surface area contributed by atoms with Crippen molar-refractivity contribution >= 4 is 0 Å². The summed E-state index contributed by atoms with van der Waals surface area (Å²) < 4.78 is 11.0. The van der Waals surface area contributed by atoms with Gasteiger partial charge in [0.2, 0.25) is 0 Å². The number of hydrogen-bond acceptors (Lipinski definition) is 6. The largest absolute Gasteiger partial charge is 0.381 e. The number of hydrogen-bond donors (Lipinski definition) is 0. The second-order valence-corrected chi connectivity index (χ2v) is 8.55. The smallest absolute Gasteiger partial charge is 0.128 e. The molecular formula is C26H36N4O2. The van der Waals surface area contributed by atoms with Crippen molar-refractivity contribution in [3.8, 4) is 0 Å². The maximum atomic E-state index is 5.51. The summed E-state index contributed by atoms with van der Waals surface area (Å²) in [5.74, 6) is 4.32. The van der Waals surface area contributed by atoms with Gasteiger partial charge in [-0.25, -0.2) is 19.9 Å². The fourth-order valence-electron chi connectivity index (χ4n) is 4.51. The first kappa shape index (κ1) is 24.2. The second-order valence-electron chi connectivity index (χ2n) is 8.55. The number of allylic oxidation sites excluding steroid dienone is 2. The minimum absolute atomic E-state index is 0.579. The minimum atomic E-state index is 0.579. The summed E-state index contributed by atoms with van der Waals surface area (Å²) in [5.41, 5.74) is 0. The van der Waals surface area contributed by atoms with Crippen molar-refractivity contribution in [1.29, 1.82) is 0 Å². The van der Waals surface area contributed by atoms with Crippen LogP contribution in [0.3, 0.4) is 0 Å². The number of ether oxygens (including phenoxy) is 2. The van der Waals surface area contributed by atoms with Gasteiger partial charge in [0.05, 0.1) is 0 Å². The number of rotatable bonds is 8. The lowest BCUT2D eigenvalue weighted by Crippen LogP contribution is -2.29. The molecule has 4 rings (SSSR count). The third kappa shape index (κ3) is 7.92. The third-order valence-corrected chi connectivity index (χ3v) is 6.33. The standard InChI is InChI=1S/2C13H18N2O/c2*1-2-4-12-10-16-8-5-11(12)9-13-14-6-3-7-15-13/h2*2-3,6-7,11-12H,1,4-5,8-10H2/t2*11-,12+/m10/s1. The van der Waals surface area contributed by atoms with E-state index in [2.05, 4.69) is 33.1 Å². The minimum Gasteiger partial charge on any atom is -0.381 e. The van der Waals surface area contributed by atoms with Gasteiger partial charge in [0.25, 0.3) is 0 Å². The molecule has 6 heteroatoms. The average Bonchev–Trinajstić information content (AvgIpc) is 2.84. The highest BCUT2D eigenvalue weighted by Crippen LogP contribution is 2.28. The third-order valence-electron chi connectivity index (χ3n) is 6.33. The van der Waals surface area contributed by atoms with E-state index in [0.29, 0.717) is 23.7 Å². The lowest BCUT2D eigenvalue weighted by Gasteiger charge is -2.30. The second kappa shape index (κ2) is 13.9. The van der Waals surface area contributed by atoms with Crippen molar-refractivity contribution < 1.29 is 9.47 Å². The van der Waals surface area contributed by atoms with Crippen molar-refractivity contribution in [1.82, 2.24) is 19.9 Å². The molecule has 0 N–H and O–H groups in total. The van der Waals surface area contributed by atoms with Gasteiger partial charge in [0.15, 0.2) is 0 Å². The molecule has 2 aromatic rings. The Morgan fingerprint density at radius 1 is 0.688 bits per heavy atom. The Morgan fingerprint density at radius 2 is 1.09 bits per heavy atom. The predicted molar refractivity (Wildman–Crippen MR) is 126 cm³/mol. The predicted octanol–water partition coefficient (Wildman–Crippen LogP) is 4.50. The van der Waals surface area contributed by atoms with Crippen LogP contribution >= 0.6 is 0 Å². The Kier molecular flexibility index (Phi) is 10.5. The SMILES string of the molecule is C=CC[C@@H]1COCC[C@H]1Cc1ncccn1.C=CC[C@H]1COCC[C@@H]1Cc1ncccn1. The highest BCUT2D eigenvalue weighted by atomic mass is 16.5. The van der Waals surface area contributed by atoms with Gasteiger partial charge in [0, 0.05) is 64.1 Å². The fourth-order valence-corrected chi connectivity index (χ4v) is 4.51. The van der Waals surface area contributed by atoms with Gasteiger partial charge < -0.3 is 9.47 Å². The van der Waals surface area contributed by atoms with E-state index >= 15 is 0 Å². The Bertz CT molecular complexity index is 719. The molecule has 0 aliphatic carbocycles. The van der Waals surface area contributed by atoms with Crippen LogP contribution in [-0.4, -0.2) is 46.4 Å². The van der Waals surface area contributed by atoms with Crippen molar-refractivity contribution in [2.45, 2.75) is 38.5 Å². The zero-order valence-electron chi connectivity index (χ0n) is 19.0. The van der Waals surface area contributed by atoms with Crippen LogP contribution in [0.15, 0.2) is 62.2 Å². The average molecular weight is 437 g/mol. The van der Waals surface area contributed by atoms with E-state index in [1.54, 1.807) is 0 Å². The lowest BCUT2D eigenvalue weighted by molar-refractivity contribution is 0.0175. The van der Waals surface area contributed by atoms with Crippen LogP contribution in [0, 0.1) is 23.7 Å². The topological polar surface area (TPSA) is 70.0 Å². The maximum Gasteiger partial charge on any atom is 0.128 e. The molecule has 2 aromatic heterocycles. The van der Waals surface area contributed by atoms with Crippen molar-refractivity contribution in [3.05, 3.63) is 73.9 Å². The Morgan fingerprint density at radius 3 is 1.47 bits per heavy atom. The molecule has 0 amide bonds. The van der Waals surface area contributed by atoms with Crippen LogP contribution < -0.4 is 0 Å². The zero-order valence-corrected chi connectivity index (χ0v) is 19.0. The van der Waals surface area contributed by atoms with E-state index < -0.39 is 0 Å². The molecule has 0 unspecified atom stereocenters. The van der Waals surface area contributed by atoms with E-state index in [-0.39, 0.29) is 0 Å². The summed E-state index contributed by atoms with van der Waals surface area (Å²) in [4.78, 5) is 17.2. The molecule has 4 atom stereocenters.